The number of phenolic OH excluding ortho intramolecular Hbond substituents is 1. The molecule has 1 saturated carbocycles. The molecule has 4 aromatic rings. The Hall–Kier alpha value is -4.56. The van der Waals surface area contributed by atoms with Gasteiger partial charge in [-0.2, -0.15) is 0 Å². The molecule has 8 rings (SSSR count). The summed E-state index contributed by atoms with van der Waals surface area (Å²) in [7, 11) is 0. The van der Waals surface area contributed by atoms with Gasteiger partial charge in [-0.3, -0.25) is 24.1 Å². The highest BCUT2D eigenvalue weighted by Gasteiger charge is 2.68. The van der Waals surface area contributed by atoms with E-state index in [4.69, 9.17) is 0 Å². The van der Waals surface area contributed by atoms with Gasteiger partial charge >= 0.3 is 0 Å². The normalized spacial score (nSPS) is 29.6. The fourth-order valence-electron chi connectivity index (χ4n) is 8.51. The van der Waals surface area contributed by atoms with E-state index in [1.54, 1.807) is 30.3 Å². The van der Waals surface area contributed by atoms with Crippen molar-refractivity contribution in [3.05, 3.63) is 106 Å². The van der Waals surface area contributed by atoms with Gasteiger partial charge in [0, 0.05) is 16.4 Å². The van der Waals surface area contributed by atoms with E-state index in [2.05, 4.69) is 0 Å². The van der Waals surface area contributed by atoms with Crippen LogP contribution in [0.2, 0.25) is 0 Å². The molecule has 3 fully saturated rings. The summed E-state index contributed by atoms with van der Waals surface area (Å²) in [6.45, 7) is 2.08. The van der Waals surface area contributed by atoms with E-state index in [1.807, 2.05) is 66.9 Å². The molecule has 0 radical (unpaired) electrons. The average molecular weight is 603 g/mol. The summed E-state index contributed by atoms with van der Waals surface area (Å²) in [5.41, 5.74) is 0.745. The number of nitrogens with zero attached hydrogens (tertiary/aromatic N) is 2. The third-order valence-corrected chi connectivity index (χ3v) is 11.4. The minimum Gasteiger partial charge on any atom is -0.508 e. The Morgan fingerprint density at radius 1 is 0.864 bits per heavy atom. The zero-order chi connectivity index (χ0) is 30.3. The molecule has 1 aromatic heterocycles. The van der Waals surface area contributed by atoms with E-state index in [-0.39, 0.29) is 42.3 Å². The molecule has 2 saturated heterocycles. The summed E-state index contributed by atoms with van der Waals surface area (Å²) in [6.07, 6.45) is 2.68. The van der Waals surface area contributed by atoms with E-state index in [1.165, 1.54) is 21.1 Å². The molecule has 6 atom stereocenters. The number of para-hydroxylation sites is 1. The quantitative estimate of drug-likeness (QED) is 0.227. The molecule has 3 aromatic carbocycles. The topological polar surface area (TPSA) is 95.0 Å². The molecule has 0 bridgehead atoms. The van der Waals surface area contributed by atoms with Crippen molar-refractivity contribution in [2.75, 3.05) is 4.90 Å². The Labute approximate surface area is 258 Å². The highest BCUT2D eigenvalue weighted by molar-refractivity contribution is 7.09. The number of fused-ring (bicyclic) bond motifs is 5. The minimum atomic E-state index is -1.22. The molecule has 220 valence electrons. The van der Waals surface area contributed by atoms with Crippen LogP contribution in [-0.4, -0.2) is 33.6 Å². The van der Waals surface area contributed by atoms with Crippen LogP contribution < -0.4 is 4.90 Å². The van der Waals surface area contributed by atoms with Crippen LogP contribution in [0.25, 0.3) is 10.8 Å². The van der Waals surface area contributed by atoms with Crippen LogP contribution in [0, 0.1) is 29.1 Å². The van der Waals surface area contributed by atoms with Gasteiger partial charge in [0.2, 0.25) is 23.6 Å². The number of carbonyl (C=O) groups excluding carboxylic acids is 4. The van der Waals surface area contributed by atoms with Gasteiger partial charge in [0.25, 0.3) is 0 Å². The lowest BCUT2D eigenvalue weighted by Crippen LogP contribution is -2.49. The van der Waals surface area contributed by atoms with Gasteiger partial charge in [0.1, 0.15) is 5.75 Å². The highest BCUT2D eigenvalue weighted by Crippen LogP contribution is 2.65. The predicted octanol–water partition coefficient (Wildman–Crippen LogP) is 6.04. The lowest BCUT2D eigenvalue weighted by molar-refractivity contribution is -0.141. The molecule has 1 N–H and O–H groups in total. The Morgan fingerprint density at radius 2 is 1.64 bits per heavy atom. The molecule has 4 aliphatic rings. The third-order valence-electron chi connectivity index (χ3n) is 10.5. The van der Waals surface area contributed by atoms with Crippen LogP contribution in [0.1, 0.15) is 36.1 Å². The van der Waals surface area contributed by atoms with Crippen molar-refractivity contribution < 1.29 is 24.3 Å². The lowest BCUT2D eigenvalue weighted by atomic mass is 9.51. The number of rotatable bonds is 4. The van der Waals surface area contributed by atoms with Crippen LogP contribution in [0.15, 0.2) is 95.9 Å². The van der Waals surface area contributed by atoms with Gasteiger partial charge in [-0.05, 0) is 66.1 Å². The summed E-state index contributed by atoms with van der Waals surface area (Å²) in [5, 5.41) is 15.2. The van der Waals surface area contributed by atoms with Gasteiger partial charge in [-0.1, -0.05) is 66.2 Å². The highest BCUT2D eigenvalue weighted by atomic mass is 32.1. The summed E-state index contributed by atoms with van der Waals surface area (Å²) < 4.78 is 0. The molecular weight excluding hydrogens is 572 g/mol. The number of hydrogen-bond acceptors (Lipinski definition) is 6. The van der Waals surface area contributed by atoms with E-state index in [9.17, 15) is 24.3 Å². The van der Waals surface area contributed by atoms with Gasteiger partial charge in [-0.15, -0.1) is 11.3 Å². The van der Waals surface area contributed by atoms with Gasteiger partial charge < -0.3 is 5.11 Å². The van der Waals surface area contributed by atoms with Crippen molar-refractivity contribution in [2.45, 2.75) is 32.2 Å². The standard InChI is InChI=1S/C36H30N2O5S/c1-36-27(33(41)38(35(36)43)21-9-3-2-4-10-21)18-26-24(31(36)30-23-12-6-5-8-20(23)13-16-28(30)39)14-15-25-29(26)34(42)37(32(25)40)19-22-11-7-17-44-22/h2-14,16-17,25-27,29,31,39H,15,18-19H2,1H3. The molecule has 44 heavy (non-hydrogen) atoms. The SMILES string of the molecule is CC12C(=O)N(c3ccccc3)C(=O)C1CC1C(=CCC3C(=O)N(Cc4cccs4)C(=O)C31)C2c1c(O)ccc2ccccc12. The zero-order valence-corrected chi connectivity index (χ0v) is 24.9. The number of benzene rings is 3. The van der Waals surface area contributed by atoms with Crippen molar-refractivity contribution in [1.29, 1.82) is 0 Å². The van der Waals surface area contributed by atoms with Crippen LogP contribution in [0.4, 0.5) is 5.69 Å². The Balaban J connectivity index is 1.31. The van der Waals surface area contributed by atoms with Crippen LogP contribution in [-0.2, 0) is 25.7 Å². The third kappa shape index (κ3) is 3.60. The average Bonchev–Trinajstić information content (AvgIpc) is 3.69. The van der Waals surface area contributed by atoms with Crippen LogP contribution in [0.3, 0.4) is 0 Å². The smallest absolute Gasteiger partial charge is 0.241 e. The van der Waals surface area contributed by atoms with Gasteiger partial charge in [0.05, 0.1) is 35.4 Å². The van der Waals surface area contributed by atoms with Crippen molar-refractivity contribution in [2.24, 2.45) is 29.1 Å². The number of hydrogen-bond donors (Lipinski definition) is 1. The van der Waals surface area contributed by atoms with Crippen molar-refractivity contribution in [3.8, 4) is 5.75 Å². The monoisotopic (exact) mass is 602 g/mol. The Morgan fingerprint density at radius 3 is 2.41 bits per heavy atom. The Kier molecular flexibility index (Phi) is 5.97. The molecular formula is C36H30N2O5S. The largest absolute Gasteiger partial charge is 0.508 e. The summed E-state index contributed by atoms with van der Waals surface area (Å²) >= 11 is 1.51. The molecule has 6 unspecified atom stereocenters. The van der Waals surface area contributed by atoms with Gasteiger partial charge in [0.15, 0.2) is 0 Å². The first-order valence-electron chi connectivity index (χ1n) is 15.0. The second-order valence-electron chi connectivity index (χ2n) is 12.6. The molecule has 2 aliphatic heterocycles. The lowest BCUT2D eigenvalue weighted by Gasteiger charge is -2.49. The predicted molar refractivity (Wildman–Crippen MR) is 167 cm³/mol. The molecule has 4 amide bonds. The fourth-order valence-corrected chi connectivity index (χ4v) is 9.21. The molecule has 8 heteroatoms. The van der Waals surface area contributed by atoms with E-state index < -0.39 is 35.0 Å². The first kappa shape index (κ1) is 27.0. The first-order valence-corrected chi connectivity index (χ1v) is 15.9. The number of phenols is 1. The summed E-state index contributed by atoms with van der Waals surface area (Å²) in [4.78, 5) is 60.4. The maximum Gasteiger partial charge on any atom is 0.241 e. The second-order valence-corrected chi connectivity index (χ2v) is 13.6. The summed E-state index contributed by atoms with van der Waals surface area (Å²) in [5.74, 6) is -3.94. The minimum absolute atomic E-state index is 0.0453. The molecule has 3 heterocycles. The maximum absolute atomic E-state index is 14.6. The van der Waals surface area contributed by atoms with E-state index in [0.717, 1.165) is 21.2 Å². The number of thiophene rings is 1. The first-order chi connectivity index (χ1) is 21.3. The van der Waals surface area contributed by atoms with E-state index in [0.29, 0.717) is 17.7 Å². The van der Waals surface area contributed by atoms with Crippen molar-refractivity contribution >= 4 is 51.4 Å². The number of allylic oxidation sites excluding steroid dienone is 2. The van der Waals surface area contributed by atoms with Crippen molar-refractivity contribution in [3.63, 3.8) is 0 Å². The summed E-state index contributed by atoms with van der Waals surface area (Å²) in [6, 6.07) is 24.0. The van der Waals surface area contributed by atoms with Gasteiger partial charge in [-0.25, -0.2) is 4.90 Å². The molecule has 0 spiro atoms. The number of aromatic hydroxyl groups is 1. The second kappa shape index (κ2) is 9.72. The van der Waals surface area contributed by atoms with Crippen LogP contribution >= 0.6 is 11.3 Å². The van der Waals surface area contributed by atoms with Crippen LogP contribution in [0.5, 0.6) is 5.75 Å². The Bertz CT molecular complexity index is 1900. The van der Waals surface area contributed by atoms with Crippen molar-refractivity contribution in [1.82, 2.24) is 4.90 Å². The molecule has 7 nitrogen and oxygen atoms in total. The number of anilines is 1. The number of likely N-dealkylation sites (tertiary alicyclic amines) is 1. The number of imide groups is 2. The maximum atomic E-state index is 14.6. The fraction of sp³-hybridized carbons (Fsp3) is 0.278. The zero-order valence-electron chi connectivity index (χ0n) is 24.1. The molecule has 2 aliphatic carbocycles. The number of carbonyl (C=O) groups is 4. The van der Waals surface area contributed by atoms with E-state index >= 15 is 0 Å². The number of amides is 4.